The smallest absolute Gasteiger partial charge is 0.254 e. The Kier molecular flexibility index (Phi) is 5.84. The number of anilines is 1. The van der Waals surface area contributed by atoms with E-state index in [1.165, 1.54) is 6.20 Å². The van der Waals surface area contributed by atoms with E-state index in [-0.39, 0.29) is 24.8 Å². The zero-order valence-electron chi connectivity index (χ0n) is 14.9. The van der Waals surface area contributed by atoms with Crippen LogP contribution in [-0.2, 0) is 4.79 Å². The van der Waals surface area contributed by atoms with E-state index in [0.717, 1.165) is 11.4 Å². The van der Waals surface area contributed by atoms with E-state index >= 15 is 0 Å². The third-order valence-corrected chi connectivity index (χ3v) is 3.87. The first-order chi connectivity index (χ1) is 13.2. The van der Waals surface area contributed by atoms with Gasteiger partial charge in [-0.3, -0.25) is 9.59 Å². The number of carbonyl (C=O) groups excluding carboxylic acids is 2. The molecule has 0 spiro atoms. The zero-order valence-corrected chi connectivity index (χ0v) is 14.9. The zero-order chi connectivity index (χ0) is 19.1. The second kappa shape index (κ2) is 8.66. The van der Waals surface area contributed by atoms with Gasteiger partial charge in [0.1, 0.15) is 11.4 Å². The van der Waals surface area contributed by atoms with Crippen LogP contribution in [0.5, 0.6) is 5.75 Å². The molecular weight excluding hydrogens is 344 g/mol. The Labute approximate surface area is 157 Å². The lowest BCUT2D eigenvalue weighted by atomic mass is 10.3. The van der Waals surface area contributed by atoms with Crippen LogP contribution in [0.4, 0.5) is 5.69 Å². The predicted molar refractivity (Wildman–Crippen MR) is 102 cm³/mol. The Morgan fingerprint density at radius 3 is 2.59 bits per heavy atom. The summed E-state index contributed by atoms with van der Waals surface area (Å²) < 4.78 is 6.88. The first-order valence-electron chi connectivity index (χ1n) is 8.48. The van der Waals surface area contributed by atoms with Gasteiger partial charge in [-0.2, -0.15) is 5.10 Å². The molecule has 2 aromatic carbocycles. The number of ether oxygens (including phenoxy) is 1. The standard InChI is InChI=1S/C20H20N4O3/c1-27-18-10-6-5-9-17(18)24-14-15(13-22-24)20(26)21-12-11-19(25)23-16-7-3-2-4-8-16/h2-10,13-14H,11-12H2,1H3,(H,21,26)(H,23,25). The lowest BCUT2D eigenvalue weighted by Crippen LogP contribution is -2.27. The fraction of sp³-hybridized carbons (Fsp3) is 0.150. The monoisotopic (exact) mass is 364 g/mol. The molecule has 7 nitrogen and oxygen atoms in total. The second-order valence-corrected chi connectivity index (χ2v) is 5.77. The van der Waals surface area contributed by atoms with Gasteiger partial charge in [0.05, 0.1) is 18.9 Å². The number of amides is 2. The summed E-state index contributed by atoms with van der Waals surface area (Å²) in [5, 5.41) is 9.71. The Morgan fingerprint density at radius 1 is 1.07 bits per heavy atom. The Hall–Kier alpha value is -3.61. The van der Waals surface area contributed by atoms with E-state index in [0.29, 0.717) is 11.3 Å². The SMILES string of the molecule is COc1ccccc1-n1cc(C(=O)NCCC(=O)Nc2ccccc2)cn1. The van der Waals surface area contributed by atoms with Crippen LogP contribution in [0, 0.1) is 0 Å². The molecule has 0 radical (unpaired) electrons. The summed E-state index contributed by atoms with van der Waals surface area (Å²) >= 11 is 0. The predicted octanol–water partition coefficient (Wildman–Crippen LogP) is 2.64. The van der Waals surface area contributed by atoms with Gasteiger partial charge in [-0.05, 0) is 24.3 Å². The van der Waals surface area contributed by atoms with Crippen molar-refractivity contribution in [2.75, 3.05) is 19.0 Å². The van der Waals surface area contributed by atoms with Crippen LogP contribution in [0.15, 0.2) is 67.0 Å². The van der Waals surface area contributed by atoms with Crippen LogP contribution < -0.4 is 15.4 Å². The normalized spacial score (nSPS) is 10.3. The van der Waals surface area contributed by atoms with Crippen molar-refractivity contribution in [3.8, 4) is 11.4 Å². The average Bonchev–Trinajstić information content (AvgIpc) is 3.19. The lowest BCUT2D eigenvalue weighted by molar-refractivity contribution is -0.116. The van der Waals surface area contributed by atoms with Gasteiger partial charge >= 0.3 is 0 Å². The van der Waals surface area contributed by atoms with E-state index in [9.17, 15) is 9.59 Å². The topological polar surface area (TPSA) is 85.2 Å². The maximum atomic E-state index is 12.3. The van der Waals surface area contributed by atoms with Crippen LogP contribution in [0.25, 0.3) is 5.69 Å². The molecule has 0 saturated heterocycles. The molecule has 1 heterocycles. The van der Waals surface area contributed by atoms with Crippen molar-refractivity contribution in [3.63, 3.8) is 0 Å². The van der Waals surface area contributed by atoms with Crippen molar-refractivity contribution in [1.29, 1.82) is 0 Å². The first-order valence-corrected chi connectivity index (χ1v) is 8.48. The minimum Gasteiger partial charge on any atom is -0.494 e. The van der Waals surface area contributed by atoms with Gasteiger partial charge in [0.25, 0.3) is 5.91 Å². The minimum atomic E-state index is -0.288. The summed E-state index contributed by atoms with van der Waals surface area (Å²) in [5.41, 5.74) is 1.87. The molecule has 0 fully saturated rings. The van der Waals surface area contributed by atoms with E-state index in [2.05, 4.69) is 15.7 Å². The highest BCUT2D eigenvalue weighted by atomic mass is 16.5. The molecule has 2 amide bonds. The molecule has 138 valence electrons. The first kappa shape index (κ1) is 18.2. The highest BCUT2D eigenvalue weighted by molar-refractivity contribution is 5.95. The molecule has 0 aliphatic heterocycles. The van der Waals surface area contributed by atoms with Gasteiger partial charge in [-0.25, -0.2) is 4.68 Å². The molecule has 0 saturated carbocycles. The van der Waals surface area contributed by atoms with Crippen LogP contribution in [0.2, 0.25) is 0 Å². The summed E-state index contributed by atoms with van der Waals surface area (Å²) in [6.45, 7) is 0.233. The number of carbonyl (C=O) groups is 2. The van der Waals surface area contributed by atoms with E-state index in [1.54, 1.807) is 18.0 Å². The van der Waals surface area contributed by atoms with Crippen LogP contribution in [0.3, 0.4) is 0 Å². The van der Waals surface area contributed by atoms with Crippen LogP contribution in [-0.4, -0.2) is 35.2 Å². The van der Waals surface area contributed by atoms with Gasteiger partial charge in [-0.15, -0.1) is 0 Å². The number of para-hydroxylation sites is 3. The number of methoxy groups -OCH3 is 1. The van der Waals surface area contributed by atoms with Crippen LogP contribution >= 0.6 is 0 Å². The van der Waals surface area contributed by atoms with Crippen molar-refractivity contribution >= 4 is 17.5 Å². The van der Waals surface area contributed by atoms with Gasteiger partial charge in [0, 0.05) is 24.8 Å². The third kappa shape index (κ3) is 4.72. The molecule has 2 N–H and O–H groups in total. The van der Waals surface area contributed by atoms with E-state index in [1.807, 2.05) is 54.6 Å². The largest absolute Gasteiger partial charge is 0.494 e. The van der Waals surface area contributed by atoms with Gasteiger partial charge in [0.2, 0.25) is 5.91 Å². The molecule has 0 aliphatic rings. The van der Waals surface area contributed by atoms with Crippen molar-refractivity contribution < 1.29 is 14.3 Å². The molecule has 27 heavy (non-hydrogen) atoms. The summed E-state index contributed by atoms with van der Waals surface area (Å²) in [4.78, 5) is 24.2. The molecule has 3 aromatic rings. The molecule has 0 unspecified atom stereocenters. The summed E-state index contributed by atoms with van der Waals surface area (Å²) in [7, 11) is 1.58. The molecule has 3 rings (SSSR count). The highest BCUT2D eigenvalue weighted by Gasteiger charge is 2.12. The maximum absolute atomic E-state index is 12.3. The fourth-order valence-corrected chi connectivity index (χ4v) is 2.53. The lowest BCUT2D eigenvalue weighted by Gasteiger charge is -2.07. The quantitative estimate of drug-likeness (QED) is 0.675. The van der Waals surface area contributed by atoms with Gasteiger partial charge in [-0.1, -0.05) is 30.3 Å². The summed E-state index contributed by atoms with van der Waals surface area (Å²) in [6, 6.07) is 16.6. The van der Waals surface area contributed by atoms with E-state index < -0.39 is 0 Å². The molecule has 0 bridgehead atoms. The Bertz CT molecular complexity index is 922. The number of rotatable bonds is 7. The van der Waals surface area contributed by atoms with Crippen molar-refractivity contribution in [2.24, 2.45) is 0 Å². The molecule has 0 aliphatic carbocycles. The maximum Gasteiger partial charge on any atom is 0.254 e. The number of aromatic nitrogens is 2. The second-order valence-electron chi connectivity index (χ2n) is 5.77. The number of hydrogen-bond donors (Lipinski definition) is 2. The Morgan fingerprint density at radius 2 is 1.81 bits per heavy atom. The minimum absolute atomic E-state index is 0.161. The number of hydrogen-bond acceptors (Lipinski definition) is 4. The molecule has 1 aromatic heterocycles. The highest BCUT2D eigenvalue weighted by Crippen LogP contribution is 2.21. The molecule has 0 atom stereocenters. The van der Waals surface area contributed by atoms with Crippen LogP contribution in [0.1, 0.15) is 16.8 Å². The van der Waals surface area contributed by atoms with Crippen molar-refractivity contribution in [1.82, 2.24) is 15.1 Å². The van der Waals surface area contributed by atoms with Crippen molar-refractivity contribution in [3.05, 3.63) is 72.6 Å². The van der Waals surface area contributed by atoms with Gasteiger partial charge < -0.3 is 15.4 Å². The van der Waals surface area contributed by atoms with E-state index in [4.69, 9.17) is 4.74 Å². The summed E-state index contributed by atoms with van der Waals surface area (Å²) in [5.74, 6) is 0.208. The number of nitrogens with one attached hydrogen (secondary N) is 2. The number of nitrogens with zero attached hydrogens (tertiary/aromatic N) is 2. The average molecular weight is 364 g/mol. The Balaban J connectivity index is 1.53. The molecular formula is C20H20N4O3. The van der Waals surface area contributed by atoms with Crippen molar-refractivity contribution in [2.45, 2.75) is 6.42 Å². The fourth-order valence-electron chi connectivity index (χ4n) is 2.53. The van der Waals surface area contributed by atoms with Gasteiger partial charge in [0.15, 0.2) is 0 Å². The third-order valence-electron chi connectivity index (χ3n) is 3.87. The summed E-state index contributed by atoms with van der Waals surface area (Å²) in [6.07, 6.45) is 3.28. The number of benzene rings is 2. The molecule has 7 heteroatoms.